The molecule has 2 rings (SSSR count). The number of aromatic carboxylic acids is 1. The molecule has 21 heavy (non-hydrogen) atoms. The van der Waals surface area contributed by atoms with Gasteiger partial charge in [-0.05, 0) is 24.5 Å². The Morgan fingerprint density at radius 1 is 1.24 bits per heavy atom. The van der Waals surface area contributed by atoms with Gasteiger partial charge in [0.25, 0.3) is 0 Å². The quantitative estimate of drug-likeness (QED) is 0.735. The summed E-state index contributed by atoms with van der Waals surface area (Å²) in [6.07, 6.45) is 7.95. The second-order valence-electron chi connectivity index (χ2n) is 6.01. The third-order valence-electron chi connectivity index (χ3n) is 3.81. The van der Waals surface area contributed by atoms with Crippen molar-refractivity contribution in [2.45, 2.75) is 52.5 Å². The van der Waals surface area contributed by atoms with Gasteiger partial charge in [-0.25, -0.2) is 9.78 Å². The van der Waals surface area contributed by atoms with E-state index in [0.717, 1.165) is 24.4 Å². The van der Waals surface area contributed by atoms with Gasteiger partial charge in [0.05, 0.1) is 17.4 Å². The van der Waals surface area contributed by atoms with Gasteiger partial charge in [0.2, 0.25) is 0 Å². The van der Waals surface area contributed by atoms with Crippen LogP contribution in [0.1, 0.15) is 56.3 Å². The molecular formula is C17H24N2O2. The van der Waals surface area contributed by atoms with Crippen molar-refractivity contribution in [2.24, 2.45) is 5.92 Å². The van der Waals surface area contributed by atoms with Gasteiger partial charge in [-0.2, -0.15) is 0 Å². The van der Waals surface area contributed by atoms with Gasteiger partial charge in [0.15, 0.2) is 0 Å². The molecule has 0 aliphatic heterocycles. The van der Waals surface area contributed by atoms with Crippen LogP contribution >= 0.6 is 0 Å². The molecule has 0 unspecified atom stereocenters. The number of hydrogen-bond donors (Lipinski definition) is 1. The number of carbonyl (C=O) groups is 1. The Hall–Kier alpha value is -1.84. The molecule has 0 fully saturated rings. The molecule has 1 aromatic carbocycles. The summed E-state index contributed by atoms with van der Waals surface area (Å²) in [5.74, 6) is -0.128. The first-order valence-electron chi connectivity index (χ1n) is 7.76. The number of carboxylic acid groups (broad SMARTS) is 1. The van der Waals surface area contributed by atoms with Gasteiger partial charge in [-0.15, -0.1) is 0 Å². The van der Waals surface area contributed by atoms with Crippen molar-refractivity contribution in [1.29, 1.82) is 0 Å². The predicted molar refractivity (Wildman–Crippen MR) is 84.6 cm³/mol. The number of aryl methyl sites for hydroxylation is 1. The van der Waals surface area contributed by atoms with Crippen LogP contribution in [-0.4, -0.2) is 20.6 Å². The van der Waals surface area contributed by atoms with E-state index in [9.17, 15) is 4.79 Å². The minimum absolute atomic E-state index is 0.281. The zero-order valence-electron chi connectivity index (χ0n) is 12.9. The van der Waals surface area contributed by atoms with Crippen LogP contribution in [0, 0.1) is 5.92 Å². The highest BCUT2D eigenvalue weighted by molar-refractivity contribution is 6.00. The molecule has 1 heterocycles. The van der Waals surface area contributed by atoms with Crippen molar-refractivity contribution in [2.75, 3.05) is 0 Å². The van der Waals surface area contributed by atoms with E-state index in [1.807, 2.05) is 6.07 Å². The highest BCUT2D eigenvalue weighted by Crippen LogP contribution is 2.18. The molecule has 0 saturated heterocycles. The van der Waals surface area contributed by atoms with E-state index in [-0.39, 0.29) is 5.56 Å². The molecule has 2 aromatic rings. The predicted octanol–water partition coefficient (Wildman–Crippen LogP) is 4.34. The number of carboxylic acids is 1. The van der Waals surface area contributed by atoms with Crippen LogP contribution in [-0.2, 0) is 6.54 Å². The molecule has 0 atom stereocenters. The van der Waals surface area contributed by atoms with E-state index in [4.69, 9.17) is 5.11 Å². The highest BCUT2D eigenvalue weighted by atomic mass is 16.4. The topological polar surface area (TPSA) is 55.1 Å². The monoisotopic (exact) mass is 288 g/mol. The highest BCUT2D eigenvalue weighted by Gasteiger charge is 2.11. The summed E-state index contributed by atoms with van der Waals surface area (Å²) in [5, 5.41) is 9.16. The summed E-state index contributed by atoms with van der Waals surface area (Å²) in [4.78, 5) is 15.4. The average molecular weight is 288 g/mol. The lowest BCUT2D eigenvalue weighted by Gasteiger charge is -2.06. The van der Waals surface area contributed by atoms with Gasteiger partial charge in [0.1, 0.15) is 5.52 Å². The number of unbranched alkanes of at least 4 members (excludes halogenated alkanes) is 3. The van der Waals surface area contributed by atoms with Crippen LogP contribution in [0.25, 0.3) is 11.0 Å². The minimum Gasteiger partial charge on any atom is -0.478 e. The fraction of sp³-hybridized carbons (Fsp3) is 0.529. The second kappa shape index (κ2) is 7.25. The van der Waals surface area contributed by atoms with Gasteiger partial charge < -0.3 is 9.67 Å². The third-order valence-corrected chi connectivity index (χ3v) is 3.81. The Morgan fingerprint density at radius 2 is 2.00 bits per heavy atom. The van der Waals surface area contributed by atoms with Crippen molar-refractivity contribution in [3.05, 3.63) is 30.1 Å². The lowest BCUT2D eigenvalue weighted by atomic mass is 10.0. The molecular weight excluding hydrogens is 264 g/mol. The smallest absolute Gasteiger partial charge is 0.337 e. The molecule has 4 heteroatoms. The van der Waals surface area contributed by atoms with E-state index in [0.29, 0.717) is 5.52 Å². The molecule has 1 N–H and O–H groups in total. The lowest BCUT2D eigenvalue weighted by molar-refractivity contribution is 0.0699. The SMILES string of the molecule is CC(C)CCCCCCn1cnc2c(C(=O)O)cccc21. The maximum absolute atomic E-state index is 11.2. The van der Waals surface area contributed by atoms with Crippen LogP contribution in [0.15, 0.2) is 24.5 Å². The van der Waals surface area contributed by atoms with Crippen molar-refractivity contribution in [3.8, 4) is 0 Å². The normalized spacial score (nSPS) is 11.4. The van der Waals surface area contributed by atoms with Crippen LogP contribution in [0.4, 0.5) is 0 Å². The van der Waals surface area contributed by atoms with Gasteiger partial charge in [0, 0.05) is 6.54 Å². The third kappa shape index (κ3) is 4.06. The van der Waals surface area contributed by atoms with Crippen LogP contribution in [0.3, 0.4) is 0 Å². The second-order valence-corrected chi connectivity index (χ2v) is 6.01. The van der Waals surface area contributed by atoms with Gasteiger partial charge in [-0.1, -0.05) is 45.6 Å². The first-order valence-corrected chi connectivity index (χ1v) is 7.76. The Labute approximate surface area is 125 Å². The number of aromatic nitrogens is 2. The van der Waals surface area contributed by atoms with Crippen LogP contribution in [0.5, 0.6) is 0 Å². The Morgan fingerprint density at radius 3 is 2.71 bits per heavy atom. The van der Waals surface area contributed by atoms with E-state index in [1.54, 1.807) is 18.5 Å². The summed E-state index contributed by atoms with van der Waals surface area (Å²) in [5.41, 5.74) is 1.78. The molecule has 114 valence electrons. The van der Waals surface area contributed by atoms with E-state index < -0.39 is 5.97 Å². The van der Waals surface area contributed by atoms with Crippen LogP contribution < -0.4 is 0 Å². The van der Waals surface area contributed by atoms with E-state index in [1.165, 1.54) is 25.7 Å². The molecule has 1 aromatic heterocycles. The van der Waals surface area contributed by atoms with Gasteiger partial charge in [-0.3, -0.25) is 0 Å². The molecule has 0 aliphatic rings. The number of hydrogen-bond acceptors (Lipinski definition) is 2. The molecule has 0 saturated carbocycles. The fourth-order valence-electron chi connectivity index (χ4n) is 2.63. The number of para-hydroxylation sites is 1. The fourth-order valence-corrected chi connectivity index (χ4v) is 2.63. The van der Waals surface area contributed by atoms with Gasteiger partial charge >= 0.3 is 5.97 Å². The Balaban J connectivity index is 1.91. The number of imidazole rings is 1. The number of nitrogens with zero attached hydrogens (tertiary/aromatic N) is 2. The molecule has 0 radical (unpaired) electrons. The molecule has 4 nitrogen and oxygen atoms in total. The number of benzene rings is 1. The molecule has 0 spiro atoms. The summed E-state index contributed by atoms with van der Waals surface area (Å²) < 4.78 is 2.06. The average Bonchev–Trinajstić information content (AvgIpc) is 2.85. The van der Waals surface area contributed by atoms with E-state index in [2.05, 4.69) is 23.4 Å². The summed E-state index contributed by atoms with van der Waals surface area (Å²) in [6.45, 7) is 5.43. The molecule has 0 bridgehead atoms. The summed E-state index contributed by atoms with van der Waals surface area (Å²) in [7, 11) is 0. The summed E-state index contributed by atoms with van der Waals surface area (Å²) >= 11 is 0. The van der Waals surface area contributed by atoms with Crippen molar-refractivity contribution in [1.82, 2.24) is 9.55 Å². The standard InChI is InChI=1S/C17H24N2O2/c1-13(2)8-5-3-4-6-11-19-12-18-16-14(17(20)21)9-7-10-15(16)19/h7,9-10,12-13H,3-6,8,11H2,1-2H3,(H,20,21). The largest absolute Gasteiger partial charge is 0.478 e. The van der Waals surface area contributed by atoms with Crippen molar-refractivity contribution in [3.63, 3.8) is 0 Å². The maximum atomic E-state index is 11.2. The lowest BCUT2D eigenvalue weighted by Crippen LogP contribution is -1.99. The zero-order valence-corrected chi connectivity index (χ0v) is 12.9. The van der Waals surface area contributed by atoms with Crippen molar-refractivity contribution < 1.29 is 9.90 Å². The molecule has 0 amide bonds. The summed E-state index contributed by atoms with van der Waals surface area (Å²) in [6, 6.07) is 5.33. The maximum Gasteiger partial charge on any atom is 0.337 e. The zero-order chi connectivity index (χ0) is 15.2. The van der Waals surface area contributed by atoms with Crippen molar-refractivity contribution >= 4 is 17.0 Å². The Kier molecular flexibility index (Phi) is 5.37. The minimum atomic E-state index is -0.917. The van der Waals surface area contributed by atoms with Crippen LogP contribution in [0.2, 0.25) is 0 Å². The number of fused-ring (bicyclic) bond motifs is 1. The number of rotatable bonds is 8. The Bertz CT molecular complexity index is 602. The molecule has 0 aliphatic carbocycles. The first-order chi connectivity index (χ1) is 10.1. The van der Waals surface area contributed by atoms with E-state index >= 15 is 0 Å². The first kappa shape index (κ1) is 15.5.